The van der Waals surface area contributed by atoms with Crippen LogP contribution in [-0.2, 0) is 0 Å². The molecule has 0 unspecified atom stereocenters. The summed E-state index contributed by atoms with van der Waals surface area (Å²) >= 11 is 0. The number of amides is 1. The smallest absolute Gasteiger partial charge is 0.343 e. The highest BCUT2D eigenvalue weighted by Crippen LogP contribution is 2.35. The molecule has 0 spiro atoms. The van der Waals surface area contributed by atoms with Crippen molar-refractivity contribution >= 4 is 29.0 Å². The van der Waals surface area contributed by atoms with E-state index in [0.717, 1.165) is 33.2 Å². The molecule has 2 N–H and O–H groups in total. The fourth-order valence-electron chi connectivity index (χ4n) is 5.24. The average molecular weight is 620 g/mol. The summed E-state index contributed by atoms with van der Waals surface area (Å²) in [5.74, 6) is 0.673. The SMILES string of the molecule is CCOc1ccc(C(=O)Oc2ccc(C=NNC(=O)c3[nH]c4c(C)cc(C)cc4c3-c3ccccc3)cc2OCC)cc1OCC. The number of hydrazone groups is 1. The molecule has 0 atom stereocenters. The number of benzene rings is 4. The molecule has 1 heterocycles. The van der Waals surface area contributed by atoms with E-state index in [1.807, 2.05) is 65.0 Å². The van der Waals surface area contributed by atoms with Crippen LogP contribution in [0.2, 0.25) is 0 Å². The van der Waals surface area contributed by atoms with Gasteiger partial charge in [-0.15, -0.1) is 0 Å². The number of aromatic amines is 1. The molecule has 9 nitrogen and oxygen atoms in total. The summed E-state index contributed by atoms with van der Waals surface area (Å²) in [6.45, 7) is 10.9. The molecule has 1 amide bonds. The van der Waals surface area contributed by atoms with E-state index in [1.165, 1.54) is 6.21 Å². The first-order valence-corrected chi connectivity index (χ1v) is 15.2. The Balaban J connectivity index is 1.35. The monoisotopic (exact) mass is 619 g/mol. The standard InChI is InChI=1S/C37H37N3O6/c1-6-43-29-17-15-27(21-32(29)45-8-3)37(42)46-30-16-14-25(20-31(30)44-7-2)22-38-40-36(41)35-33(26-12-10-9-11-13-26)28-19-23(4)18-24(5)34(28)39-35/h9-22,39H,6-8H2,1-5H3,(H,40,41). The number of esters is 1. The van der Waals surface area contributed by atoms with Crippen molar-refractivity contribution in [3.63, 3.8) is 0 Å². The normalized spacial score (nSPS) is 11.1. The van der Waals surface area contributed by atoms with Gasteiger partial charge in [0.2, 0.25) is 0 Å². The molecule has 0 aliphatic heterocycles. The maximum Gasteiger partial charge on any atom is 0.343 e. The molecular weight excluding hydrogens is 582 g/mol. The lowest BCUT2D eigenvalue weighted by atomic mass is 9.99. The second-order valence-corrected chi connectivity index (χ2v) is 10.5. The van der Waals surface area contributed by atoms with Crippen molar-refractivity contribution in [1.29, 1.82) is 0 Å². The van der Waals surface area contributed by atoms with Crippen molar-refractivity contribution in [3.8, 4) is 34.1 Å². The Hall–Kier alpha value is -5.57. The molecule has 1 aromatic heterocycles. The van der Waals surface area contributed by atoms with Crippen LogP contribution in [0.1, 0.15) is 58.3 Å². The zero-order valence-corrected chi connectivity index (χ0v) is 26.6. The molecule has 5 rings (SSSR count). The minimum atomic E-state index is -0.573. The molecule has 0 aliphatic carbocycles. The summed E-state index contributed by atoms with van der Waals surface area (Å²) < 4.78 is 22.7. The van der Waals surface area contributed by atoms with Crippen LogP contribution in [0, 0.1) is 13.8 Å². The minimum Gasteiger partial charge on any atom is -0.490 e. The van der Waals surface area contributed by atoms with Gasteiger partial charge in [-0.1, -0.05) is 42.0 Å². The topological polar surface area (TPSA) is 111 Å². The van der Waals surface area contributed by atoms with Crippen LogP contribution in [0.5, 0.6) is 23.0 Å². The van der Waals surface area contributed by atoms with Crippen LogP contribution in [0.3, 0.4) is 0 Å². The Morgan fingerprint density at radius 2 is 1.46 bits per heavy atom. The quantitative estimate of drug-likeness (QED) is 0.0643. The van der Waals surface area contributed by atoms with Gasteiger partial charge in [0.1, 0.15) is 5.69 Å². The van der Waals surface area contributed by atoms with Crippen LogP contribution in [0.4, 0.5) is 0 Å². The van der Waals surface area contributed by atoms with Crippen LogP contribution < -0.4 is 24.4 Å². The molecule has 5 aromatic rings. The first-order valence-electron chi connectivity index (χ1n) is 15.2. The van der Waals surface area contributed by atoms with Gasteiger partial charge in [-0.3, -0.25) is 4.79 Å². The number of ether oxygens (including phenoxy) is 4. The van der Waals surface area contributed by atoms with E-state index in [1.54, 1.807) is 36.4 Å². The van der Waals surface area contributed by atoms with Gasteiger partial charge < -0.3 is 23.9 Å². The van der Waals surface area contributed by atoms with E-state index < -0.39 is 5.97 Å². The van der Waals surface area contributed by atoms with Crippen LogP contribution in [-0.4, -0.2) is 42.9 Å². The molecular formula is C37H37N3O6. The molecule has 0 fully saturated rings. The predicted molar refractivity (Wildman–Crippen MR) is 180 cm³/mol. The number of H-pyrrole nitrogens is 1. The minimum absolute atomic E-state index is 0.246. The summed E-state index contributed by atoms with van der Waals surface area (Å²) in [5.41, 5.74) is 8.83. The zero-order chi connectivity index (χ0) is 32.6. The van der Waals surface area contributed by atoms with Gasteiger partial charge in [0, 0.05) is 16.5 Å². The number of aryl methyl sites for hydroxylation is 2. The second-order valence-electron chi connectivity index (χ2n) is 10.5. The Morgan fingerprint density at radius 3 is 2.17 bits per heavy atom. The highest BCUT2D eigenvalue weighted by atomic mass is 16.6. The number of fused-ring (bicyclic) bond motifs is 1. The number of rotatable bonds is 12. The summed E-state index contributed by atoms with van der Waals surface area (Å²) in [6.07, 6.45) is 1.51. The van der Waals surface area contributed by atoms with E-state index in [9.17, 15) is 9.59 Å². The van der Waals surface area contributed by atoms with E-state index in [-0.39, 0.29) is 11.7 Å². The number of carbonyl (C=O) groups excluding carboxylic acids is 2. The molecule has 0 aliphatic rings. The highest BCUT2D eigenvalue weighted by molar-refractivity contribution is 6.10. The van der Waals surface area contributed by atoms with Crippen molar-refractivity contribution < 1.29 is 28.5 Å². The molecule has 0 saturated carbocycles. The Labute approximate surface area is 268 Å². The highest BCUT2D eigenvalue weighted by Gasteiger charge is 2.21. The third-order valence-corrected chi connectivity index (χ3v) is 7.17. The zero-order valence-electron chi connectivity index (χ0n) is 26.6. The van der Waals surface area contributed by atoms with Gasteiger partial charge in [0.25, 0.3) is 5.91 Å². The number of hydrogen-bond acceptors (Lipinski definition) is 7. The van der Waals surface area contributed by atoms with Gasteiger partial charge in [-0.05, 0) is 93.8 Å². The molecule has 0 saturated heterocycles. The van der Waals surface area contributed by atoms with E-state index in [0.29, 0.717) is 53.9 Å². The maximum absolute atomic E-state index is 13.4. The van der Waals surface area contributed by atoms with E-state index >= 15 is 0 Å². The number of nitrogens with zero attached hydrogens (tertiary/aromatic N) is 1. The predicted octanol–water partition coefficient (Wildman–Crippen LogP) is 7.63. The Kier molecular flexibility index (Phi) is 10.0. The third kappa shape index (κ3) is 7.04. The lowest BCUT2D eigenvalue weighted by Gasteiger charge is -2.13. The Morgan fingerprint density at radius 1 is 0.783 bits per heavy atom. The number of nitrogens with one attached hydrogen (secondary N) is 2. The number of carbonyl (C=O) groups is 2. The molecule has 0 bridgehead atoms. The number of hydrogen-bond donors (Lipinski definition) is 2. The summed E-state index contributed by atoms with van der Waals surface area (Å²) in [5, 5.41) is 5.19. The molecule has 0 radical (unpaired) electrons. The van der Waals surface area contributed by atoms with Crippen LogP contribution >= 0.6 is 0 Å². The van der Waals surface area contributed by atoms with E-state index in [4.69, 9.17) is 18.9 Å². The fraction of sp³-hybridized carbons (Fsp3) is 0.216. The average Bonchev–Trinajstić information content (AvgIpc) is 3.43. The second kappa shape index (κ2) is 14.5. The lowest BCUT2D eigenvalue weighted by molar-refractivity contribution is 0.0727. The molecule has 4 aromatic carbocycles. The van der Waals surface area contributed by atoms with Gasteiger partial charge >= 0.3 is 5.97 Å². The number of aromatic nitrogens is 1. The van der Waals surface area contributed by atoms with Gasteiger partial charge in [-0.2, -0.15) is 5.10 Å². The Bertz CT molecular complexity index is 1900. The molecule has 236 valence electrons. The van der Waals surface area contributed by atoms with Crippen molar-refractivity contribution in [2.45, 2.75) is 34.6 Å². The lowest BCUT2D eigenvalue weighted by Crippen LogP contribution is -2.19. The van der Waals surface area contributed by atoms with Crippen molar-refractivity contribution in [2.24, 2.45) is 5.10 Å². The van der Waals surface area contributed by atoms with Crippen LogP contribution in [0.15, 0.2) is 84.0 Å². The van der Waals surface area contributed by atoms with Crippen LogP contribution in [0.25, 0.3) is 22.0 Å². The molecule has 9 heteroatoms. The third-order valence-electron chi connectivity index (χ3n) is 7.17. The van der Waals surface area contributed by atoms with Gasteiger partial charge in [0.15, 0.2) is 23.0 Å². The summed E-state index contributed by atoms with van der Waals surface area (Å²) in [4.78, 5) is 29.8. The van der Waals surface area contributed by atoms with Crippen molar-refractivity contribution in [3.05, 3.63) is 107 Å². The first-order chi connectivity index (χ1) is 22.3. The fourth-order valence-corrected chi connectivity index (χ4v) is 5.24. The first kappa shape index (κ1) is 31.8. The maximum atomic E-state index is 13.4. The molecule has 46 heavy (non-hydrogen) atoms. The summed E-state index contributed by atoms with van der Waals surface area (Å²) in [7, 11) is 0. The largest absolute Gasteiger partial charge is 0.490 e. The van der Waals surface area contributed by atoms with Crippen molar-refractivity contribution in [2.75, 3.05) is 19.8 Å². The van der Waals surface area contributed by atoms with E-state index in [2.05, 4.69) is 27.6 Å². The van der Waals surface area contributed by atoms with Gasteiger partial charge in [0.05, 0.1) is 31.6 Å². The van der Waals surface area contributed by atoms with Gasteiger partial charge in [-0.25, -0.2) is 10.2 Å². The summed E-state index contributed by atoms with van der Waals surface area (Å²) in [6, 6.07) is 23.9. The van der Waals surface area contributed by atoms with Crippen molar-refractivity contribution in [1.82, 2.24) is 10.4 Å².